The van der Waals surface area contributed by atoms with Crippen LogP contribution >= 0.6 is 0 Å². The first-order valence-electron chi connectivity index (χ1n) is 7.12. The van der Waals surface area contributed by atoms with Crippen LogP contribution in [0.5, 0.6) is 5.75 Å². The minimum absolute atomic E-state index is 0.233. The van der Waals surface area contributed by atoms with E-state index in [0.29, 0.717) is 17.0 Å². The lowest BCUT2D eigenvalue weighted by molar-refractivity contribution is 0.418. The molecule has 120 valence electrons. The molecule has 5 nitrogen and oxygen atoms in total. The van der Waals surface area contributed by atoms with Gasteiger partial charge in [0.1, 0.15) is 11.3 Å². The number of hydrogen-bond acceptors (Lipinski definition) is 4. The topological polar surface area (TPSA) is 74.3 Å². The Morgan fingerprint density at radius 3 is 2.35 bits per heavy atom. The number of nitrogens with two attached hydrogens (primary N) is 1. The number of nitrogens with zero attached hydrogens (tertiary/aromatic N) is 1. The maximum atomic E-state index is 13.0. The van der Waals surface area contributed by atoms with E-state index < -0.39 is 10.0 Å². The van der Waals surface area contributed by atoms with Gasteiger partial charge in [-0.05, 0) is 37.6 Å². The SMILES string of the molecule is COc1cc(N)c(C)c2ccn(S(=O)(=O)c3ccc(C)cc3)c12. The van der Waals surface area contributed by atoms with E-state index in [4.69, 9.17) is 10.5 Å². The molecule has 0 aliphatic carbocycles. The van der Waals surface area contributed by atoms with Crippen molar-refractivity contribution < 1.29 is 13.2 Å². The molecule has 0 spiro atoms. The number of fused-ring (bicyclic) bond motifs is 1. The maximum absolute atomic E-state index is 13.0. The van der Waals surface area contributed by atoms with Gasteiger partial charge in [-0.15, -0.1) is 0 Å². The van der Waals surface area contributed by atoms with Crippen LogP contribution in [0.25, 0.3) is 10.9 Å². The minimum atomic E-state index is -3.71. The molecule has 0 bridgehead atoms. The van der Waals surface area contributed by atoms with Crippen LogP contribution in [0, 0.1) is 13.8 Å². The van der Waals surface area contributed by atoms with Gasteiger partial charge in [0.25, 0.3) is 10.0 Å². The molecule has 23 heavy (non-hydrogen) atoms. The van der Waals surface area contributed by atoms with Gasteiger partial charge in [0.2, 0.25) is 0 Å². The number of rotatable bonds is 3. The molecule has 3 rings (SSSR count). The van der Waals surface area contributed by atoms with Gasteiger partial charge >= 0.3 is 0 Å². The second-order valence-corrected chi connectivity index (χ2v) is 7.30. The van der Waals surface area contributed by atoms with E-state index in [0.717, 1.165) is 16.5 Å². The Kier molecular flexibility index (Phi) is 3.56. The predicted molar refractivity (Wildman–Crippen MR) is 91.4 cm³/mol. The van der Waals surface area contributed by atoms with Crippen LogP contribution in [0.1, 0.15) is 11.1 Å². The predicted octanol–water partition coefficient (Wildman–Crippen LogP) is 3.09. The molecular formula is C17H18N2O3S. The molecule has 2 N–H and O–H groups in total. The molecule has 1 aromatic heterocycles. The Bertz CT molecular complexity index is 987. The second kappa shape index (κ2) is 5.31. The lowest BCUT2D eigenvalue weighted by Crippen LogP contribution is -2.12. The lowest BCUT2D eigenvalue weighted by Gasteiger charge is -2.12. The van der Waals surface area contributed by atoms with E-state index in [2.05, 4.69) is 0 Å². The summed E-state index contributed by atoms with van der Waals surface area (Å²) in [5.41, 5.74) is 8.87. The Labute approximate surface area is 135 Å². The molecule has 3 aromatic rings. The summed E-state index contributed by atoms with van der Waals surface area (Å²) in [6.07, 6.45) is 1.54. The molecule has 0 saturated carbocycles. The van der Waals surface area contributed by atoms with Crippen molar-refractivity contribution in [1.82, 2.24) is 3.97 Å². The highest BCUT2D eigenvalue weighted by molar-refractivity contribution is 7.90. The molecule has 2 aromatic carbocycles. The first-order chi connectivity index (χ1) is 10.9. The van der Waals surface area contributed by atoms with Crippen LogP contribution < -0.4 is 10.5 Å². The summed E-state index contributed by atoms with van der Waals surface area (Å²) in [6.45, 7) is 3.77. The summed E-state index contributed by atoms with van der Waals surface area (Å²) in [5.74, 6) is 0.434. The van der Waals surface area contributed by atoms with E-state index in [1.807, 2.05) is 13.8 Å². The zero-order valence-corrected chi connectivity index (χ0v) is 14.0. The van der Waals surface area contributed by atoms with E-state index >= 15 is 0 Å². The average Bonchev–Trinajstić information content (AvgIpc) is 2.97. The fraction of sp³-hybridized carbons (Fsp3) is 0.176. The van der Waals surface area contributed by atoms with Gasteiger partial charge in [0.05, 0.1) is 12.0 Å². The van der Waals surface area contributed by atoms with Gasteiger partial charge in [0.15, 0.2) is 0 Å². The van der Waals surface area contributed by atoms with Crippen LogP contribution in [0.15, 0.2) is 47.5 Å². The fourth-order valence-electron chi connectivity index (χ4n) is 2.61. The Morgan fingerprint density at radius 1 is 1.09 bits per heavy atom. The van der Waals surface area contributed by atoms with Gasteiger partial charge in [-0.2, -0.15) is 0 Å². The smallest absolute Gasteiger partial charge is 0.268 e. The molecular weight excluding hydrogens is 312 g/mol. The number of benzene rings is 2. The highest BCUT2D eigenvalue weighted by Gasteiger charge is 2.22. The van der Waals surface area contributed by atoms with Gasteiger partial charge < -0.3 is 10.5 Å². The largest absolute Gasteiger partial charge is 0.494 e. The lowest BCUT2D eigenvalue weighted by atomic mass is 10.1. The van der Waals surface area contributed by atoms with E-state index in [-0.39, 0.29) is 4.90 Å². The summed E-state index contributed by atoms with van der Waals surface area (Å²) in [4.78, 5) is 0.233. The third-order valence-electron chi connectivity index (χ3n) is 4.01. The molecule has 0 atom stereocenters. The molecule has 0 unspecified atom stereocenters. The van der Waals surface area contributed by atoms with Crippen molar-refractivity contribution >= 4 is 26.6 Å². The number of aromatic nitrogens is 1. The Balaban J connectivity index is 2.32. The molecule has 0 saturated heterocycles. The van der Waals surface area contributed by atoms with Crippen LogP contribution in [-0.4, -0.2) is 19.5 Å². The fourth-order valence-corrected chi connectivity index (χ4v) is 3.97. The van der Waals surface area contributed by atoms with Crippen molar-refractivity contribution in [3.8, 4) is 5.75 Å². The third kappa shape index (κ3) is 2.35. The van der Waals surface area contributed by atoms with Gasteiger partial charge in [-0.25, -0.2) is 12.4 Å². The van der Waals surface area contributed by atoms with Crippen molar-refractivity contribution in [2.45, 2.75) is 18.7 Å². The second-order valence-electron chi connectivity index (χ2n) is 5.48. The first kappa shape index (κ1) is 15.4. The highest BCUT2D eigenvalue weighted by Crippen LogP contribution is 2.35. The molecule has 6 heteroatoms. The zero-order chi connectivity index (χ0) is 16.8. The van der Waals surface area contributed by atoms with Crippen LogP contribution in [-0.2, 0) is 10.0 Å². The molecule has 0 aliphatic rings. The number of hydrogen-bond donors (Lipinski definition) is 1. The first-order valence-corrected chi connectivity index (χ1v) is 8.56. The summed E-state index contributed by atoms with van der Waals surface area (Å²) in [5, 5.41) is 0.762. The molecule has 0 amide bonds. The quantitative estimate of drug-likeness (QED) is 0.749. The van der Waals surface area contributed by atoms with E-state index in [1.54, 1.807) is 36.4 Å². The molecule has 0 fully saturated rings. The summed E-state index contributed by atoms with van der Waals surface area (Å²) < 4.78 is 32.5. The van der Waals surface area contributed by atoms with E-state index in [1.165, 1.54) is 17.3 Å². The van der Waals surface area contributed by atoms with Crippen LogP contribution in [0.4, 0.5) is 5.69 Å². The van der Waals surface area contributed by atoms with Gasteiger partial charge in [-0.1, -0.05) is 17.7 Å². The molecule has 0 aliphatic heterocycles. The van der Waals surface area contributed by atoms with Crippen molar-refractivity contribution in [3.05, 3.63) is 53.7 Å². The minimum Gasteiger partial charge on any atom is -0.494 e. The standard InChI is InChI=1S/C17H18N2O3S/c1-11-4-6-13(7-5-11)23(20,21)19-9-8-14-12(2)15(18)10-16(22-3)17(14)19/h4-10H,18H2,1-3H3. The molecule has 1 heterocycles. The van der Waals surface area contributed by atoms with Gasteiger partial charge in [0, 0.05) is 23.3 Å². The summed E-state index contributed by atoms with van der Waals surface area (Å²) in [7, 11) is -2.21. The number of anilines is 1. The Morgan fingerprint density at radius 2 is 1.74 bits per heavy atom. The summed E-state index contributed by atoms with van der Waals surface area (Å²) in [6, 6.07) is 10.2. The van der Waals surface area contributed by atoms with Crippen molar-refractivity contribution in [1.29, 1.82) is 0 Å². The van der Waals surface area contributed by atoms with Crippen LogP contribution in [0.3, 0.4) is 0 Å². The number of nitrogen functional groups attached to an aromatic ring is 1. The van der Waals surface area contributed by atoms with E-state index in [9.17, 15) is 8.42 Å². The number of aryl methyl sites for hydroxylation is 2. The van der Waals surface area contributed by atoms with Crippen molar-refractivity contribution in [2.24, 2.45) is 0 Å². The summed E-state index contributed by atoms with van der Waals surface area (Å²) >= 11 is 0. The zero-order valence-electron chi connectivity index (χ0n) is 13.2. The maximum Gasteiger partial charge on any atom is 0.268 e. The monoisotopic (exact) mass is 330 g/mol. The Hall–Kier alpha value is -2.47. The van der Waals surface area contributed by atoms with Crippen molar-refractivity contribution in [2.75, 3.05) is 12.8 Å². The highest BCUT2D eigenvalue weighted by atomic mass is 32.2. The normalized spacial score (nSPS) is 11.8. The van der Waals surface area contributed by atoms with Gasteiger partial charge in [-0.3, -0.25) is 0 Å². The third-order valence-corrected chi connectivity index (χ3v) is 5.70. The number of methoxy groups -OCH3 is 1. The van der Waals surface area contributed by atoms with Crippen LogP contribution in [0.2, 0.25) is 0 Å². The average molecular weight is 330 g/mol. The number of ether oxygens (including phenoxy) is 1. The molecule has 0 radical (unpaired) electrons. The van der Waals surface area contributed by atoms with Crippen molar-refractivity contribution in [3.63, 3.8) is 0 Å².